The van der Waals surface area contributed by atoms with Crippen LogP contribution in [0, 0.1) is 12.7 Å². The summed E-state index contributed by atoms with van der Waals surface area (Å²) >= 11 is 12.5. The summed E-state index contributed by atoms with van der Waals surface area (Å²) in [6.45, 7) is 14.3. The molecule has 48 heavy (non-hydrogen) atoms. The van der Waals surface area contributed by atoms with Crippen LogP contribution in [0.3, 0.4) is 0 Å². The number of rotatable bonds is 5. The largest absolute Gasteiger partial charge is 0.486 e. The number of piperazine rings is 1. The van der Waals surface area contributed by atoms with E-state index in [9.17, 15) is 9.59 Å². The molecule has 1 unspecified atom stereocenters. The molecule has 0 saturated carbocycles. The predicted molar refractivity (Wildman–Crippen MR) is 186 cm³/mol. The van der Waals surface area contributed by atoms with Gasteiger partial charge in [0.2, 0.25) is 11.7 Å². The first-order valence-corrected chi connectivity index (χ1v) is 16.5. The van der Waals surface area contributed by atoms with Crippen LogP contribution >= 0.6 is 23.2 Å². The van der Waals surface area contributed by atoms with E-state index < -0.39 is 16.9 Å². The molecule has 14 heteroatoms. The molecule has 0 aliphatic carbocycles. The first-order chi connectivity index (χ1) is 22.8. The number of anilines is 2. The zero-order valence-corrected chi connectivity index (χ0v) is 28.8. The first-order valence-electron chi connectivity index (χ1n) is 15.7. The predicted octanol–water partition coefficient (Wildman–Crippen LogP) is 5.50. The highest BCUT2D eigenvalue weighted by Gasteiger charge is 2.37. The monoisotopic (exact) mass is 695 g/mol. The summed E-state index contributed by atoms with van der Waals surface area (Å²) in [5, 5.41) is 0.0452. The second kappa shape index (κ2) is 12.6. The number of nitrogen functional groups attached to an aromatic ring is 1. The molecule has 1 amide bonds. The van der Waals surface area contributed by atoms with Crippen molar-refractivity contribution in [2.75, 3.05) is 36.9 Å². The third-order valence-electron chi connectivity index (χ3n) is 9.01. The van der Waals surface area contributed by atoms with Crippen molar-refractivity contribution in [2.24, 2.45) is 0 Å². The highest BCUT2D eigenvalue weighted by molar-refractivity contribution is 6.37. The number of pyridine rings is 2. The number of benzene rings is 1. The van der Waals surface area contributed by atoms with Gasteiger partial charge in [-0.05, 0) is 37.0 Å². The average Bonchev–Trinajstić information content (AvgIpc) is 3.25. The van der Waals surface area contributed by atoms with Gasteiger partial charge in [-0.1, -0.05) is 57.5 Å². The topological polar surface area (TPSA) is 129 Å². The molecular weight excluding hydrogens is 660 g/mol. The maximum atomic E-state index is 15.8. The highest BCUT2D eigenvalue weighted by Crippen LogP contribution is 2.41. The lowest BCUT2D eigenvalue weighted by molar-refractivity contribution is -0.126. The fraction of sp³-hybridized carbons (Fsp3) is 0.382. The number of fused-ring (bicyclic) bond motifs is 5. The number of hydrogen-bond acceptors (Lipinski definition) is 8. The summed E-state index contributed by atoms with van der Waals surface area (Å²) in [6, 6.07) is 2.66. The Morgan fingerprint density at radius 1 is 1.02 bits per heavy atom. The van der Waals surface area contributed by atoms with Crippen molar-refractivity contribution in [1.29, 1.82) is 0 Å². The Bertz CT molecular complexity index is 2080. The molecule has 4 aromatic rings. The SMILES string of the molecule is C=CC(=O)N1CCN2c3c(c(=O)n(-c4c(C(C)C)ncnc4C(C)C)c4c(=O)n(-c5c(N)c(Cl)cc(Cl)c5F)c(C)cc34)OCCC2C1. The normalized spacial score (nSPS) is 16.2. The number of aromatic nitrogens is 4. The van der Waals surface area contributed by atoms with Gasteiger partial charge >= 0.3 is 0 Å². The molecule has 2 aliphatic heterocycles. The number of nitrogens with two attached hydrogens (primary N) is 1. The van der Waals surface area contributed by atoms with Crippen LogP contribution in [-0.2, 0) is 4.79 Å². The van der Waals surface area contributed by atoms with E-state index in [0.29, 0.717) is 59.9 Å². The van der Waals surface area contributed by atoms with Gasteiger partial charge in [-0.25, -0.2) is 14.4 Å². The van der Waals surface area contributed by atoms with E-state index in [1.807, 2.05) is 32.6 Å². The number of nitrogens with zero attached hydrogens (tertiary/aromatic N) is 6. The molecule has 6 rings (SSSR count). The van der Waals surface area contributed by atoms with Gasteiger partial charge in [0, 0.05) is 37.1 Å². The molecule has 3 aromatic heterocycles. The fourth-order valence-corrected chi connectivity index (χ4v) is 7.23. The van der Waals surface area contributed by atoms with E-state index in [1.54, 1.807) is 17.9 Å². The van der Waals surface area contributed by atoms with Crippen LogP contribution in [0.5, 0.6) is 5.75 Å². The number of amides is 1. The Morgan fingerprint density at radius 2 is 1.69 bits per heavy atom. The molecule has 0 radical (unpaired) electrons. The fourth-order valence-electron chi connectivity index (χ4n) is 6.77. The van der Waals surface area contributed by atoms with Gasteiger partial charge in [0.25, 0.3) is 11.1 Å². The van der Waals surface area contributed by atoms with E-state index in [4.69, 9.17) is 33.7 Å². The Kier molecular flexibility index (Phi) is 8.76. The Labute approximate surface area is 286 Å². The van der Waals surface area contributed by atoms with E-state index in [1.165, 1.54) is 23.0 Å². The van der Waals surface area contributed by atoms with Crippen LogP contribution < -0.4 is 26.5 Å². The second-order valence-corrected chi connectivity index (χ2v) is 13.5. The molecule has 5 heterocycles. The molecule has 1 saturated heterocycles. The number of carbonyl (C=O) groups is 1. The molecule has 2 aliphatic rings. The number of hydrogen-bond donors (Lipinski definition) is 1. The van der Waals surface area contributed by atoms with Crippen LogP contribution in [0.15, 0.2) is 40.7 Å². The summed E-state index contributed by atoms with van der Waals surface area (Å²) < 4.78 is 24.5. The number of aryl methyl sites for hydroxylation is 1. The lowest BCUT2D eigenvalue weighted by Crippen LogP contribution is -2.54. The molecule has 252 valence electrons. The standard InChI is InChI=1S/C34H36Cl2FN7O4/c1-7-23(45)41-9-10-42-19(14-41)8-11-48-32-28(42)20-12-18(6)43(30-24(37)21(35)13-22(36)25(30)38)33(46)29(20)44(34(32)47)31-26(16(2)3)39-15-40-27(31)17(4)5/h7,12-13,15-17,19H,1,8-11,14,38H2,2-6H3. The van der Waals surface area contributed by atoms with Gasteiger partial charge in [0.15, 0.2) is 5.82 Å². The molecular formula is C34H36Cl2FN7O4. The van der Waals surface area contributed by atoms with Crippen molar-refractivity contribution in [3.63, 3.8) is 0 Å². The Balaban J connectivity index is 1.80. The third kappa shape index (κ3) is 5.22. The van der Waals surface area contributed by atoms with Crippen LogP contribution in [0.2, 0.25) is 10.0 Å². The van der Waals surface area contributed by atoms with Gasteiger partial charge in [0.1, 0.15) is 17.5 Å². The lowest BCUT2D eigenvalue weighted by atomic mass is 10.00. The smallest absolute Gasteiger partial charge is 0.300 e. The van der Waals surface area contributed by atoms with Crippen molar-refractivity contribution in [2.45, 2.75) is 58.9 Å². The van der Waals surface area contributed by atoms with Gasteiger partial charge < -0.3 is 20.3 Å². The van der Waals surface area contributed by atoms with Gasteiger partial charge in [-0.15, -0.1) is 0 Å². The van der Waals surface area contributed by atoms with E-state index >= 15 is 9.18 Å². The maximum absolute atomic E-state index is 15.8. The molecule has 1 atom stereocenters. The zero-order valence-electron chi connectivity index (χ0n) is 27.3. The summed E-state index contributed by atoms with van der Waals surface area (Å²) in [4.78, 5) is 55.4. The molecule has 0 spiro atoms. The molecule has 1 fully saturated rings. The molecule has 11 nitrogen and oxygen atoms in total. The molecule has 2 N–H and O–H groups in total. The van der Waals surface area contributed by atoms with E-state index in [0.717, 1.165) is 4.57 Å². The van der Waals surface area contributed by atoms with Gasteiger partial charge in [0.05, 0.1) is 51.1 Å². The quantitative estimate of drug-likeness (QED) is 0.165. The van der Waals surface area contributed by atoms with E-state index in [-0.39, 0.29) is 63.1 Å². The Hall–Kier alpha value is -4.42. The highest BCUT2D eigenvalue weighted by atomic mass is 35.5. The zero-order chi connectivity index (χ0) is 34.8. The van der Waals surface area contributed by atoms with Gasteiger partial charge in [-0.2, -0.15) is 0 Å². The van der Waals surface area contributed by atoms with Gasteiger partial charge in [-0.3, -0.25) is 23.5 Å². The minimum absolute atomic E-state index is 0.0362. The number of carbonyl (C=O) groups excluding carboxylic acids is 1. The summed E-state index contributed by atoms with van der Waals surface area (Å²) in [6.07, 6.45) is 3.24. The Morgan fingerprint density at radius 3 is 2.31 bits per heavy atom. The van der Waals surface area contributed by atoms with Crippen molar-refractivity contribution in [3.05, 3.63) is 84.8 Å². The van der Waals surface area contributed by atoms with Crippen molar-refractivity contribution in [3.8, 4) is 17.1 Å². The molecule has 1 aromatic carbocycles. The lowest BCUT2D eigenvalue weighted by Gasteiger charge is -2.42. The number of ether oxygens (including phenoxy) is 1. The van der Waals surface area contributed by atoms with E-state index in [2.05, 4.69) is 16.5 Å². The molecule has 0 bridgehead atoms. The summed E-state index contributed by atoms with van der Waals surface area (Å²) in [5.74, 6) is -1.41. The van der Waals surface area contributed by atoms with Crippen LogP contribution in [0.1, 0.15) is 63.0 Å². The average molecular weight is 697 g/mol. The van der Waals surface area contributed by atoms with Crippen molar-refractivity contribution >= 4 is 51.4 Å². The van der Waals surface area contributed by atoms with Crippen LogP contribution in [-0.4, -0.2) is 62.2 Å². The minimum Gasteiger partial charge on any atom is -0.486 e. The van der Waals surface area contributed by atoms with Crippen LogP contribution in [0.4, 0.5) is 15.8 Å². The second-order valence-electron chi connectivity index (χ2n) is 12.7. The van der Waals surface area contributed by atoms with Crippen molar-refractivity contribution in [1.82, 2.24) is 24.0 Å². The maximum Gasteiger partial charge on any atom is 0.300 e. The third-order valence-corrected chi connectivity index (χ3v) is 9.60. The summed E-state index contributed by atoms with van der Waals surface area (Å²) in [7, 11) is 0. The number of halogens is 3. The van der Waals surface area contributed by atoms with Crippen LogP contribution in [0.25, 0.3) is 22.3 Å². The first kappa shape index (κ1) is 33.5. The van der Waals surface area contributed by atoms with Crippen molar-refractivity contribution < 1.29 is 13.9 Å². The minimum atomic E-state index is -0.938. The summed E-state index contributed by atoms with van der Waals surface area (Å²) in [5.41, 5.74) is 6.59.